The third-order valence-corrected chi connectivity index (χ3v) is 2.34. The van der Waals surface area contributed by atoms with Gasteiger partial charge in [0.25, 0.3) is 0 Å². The Hall–Kier alpha value is -2.58. The maximum absolute atomic E-state index is 12.5. The minimum absolute atomic E-state index is 0.0331. The van der Waals surface area contributed by atoms with E-state index in [0.717, 1.165) is 6.07 Å². The fraction of sp³-hybridized carbons (Fsp3) is 0.182. The summed E-state index contributed by atoms with van der Waals surface area (Å²) in [6.07, 6.45) is -3.30. The van der Waals surface area contributed by atoms with Crippen molar-refractivity contribution in [3.63, 3.8) is 0 Å². The Morgan fingerprint density at radius 3 is 2.65 bits per heavy atom. The number of hydrogen-bond donors (Lipinski definition) is 2. The van der Waals surface area contributed by atoms with Gasteiger partial charge in [0, 0.05) is 6.07 Å². The molecule has 0 aliphatic heterocycles. The summed E-state index contributed by atoms with van der Waals surface area (Å²) < 4.78 is 42.4. The lowest BCUT2D eigenvalue weighted by molar-refractivity contribution is -0.141. The van der Waals surface area contributed by atoms with E-state index in [-0.39, 0.29) is 17.9 Å². The molecule has 0 saturated heterocycles. The summed E-state index contributed by atoms with van der Waals surface area (Å²) >= 11 is 0. The molecule has 2 heterocycles. The Morgan fingerprint density at radius 1 is 1.35 bits per heavy atom. The smallest absolute Gasteiger partial charge is 0.433 e. The van der Waals surface area contributed by atoms with E-state index in [0.29, 0.717) is 11.8 Å². The number of anilines is 1. The van der Waals surface area contributed by atoms with E-state index in [4.69, 9.17) is 9.63 Å². The van der Waals surface area contributed by atoms with E-state index in [9.17, 15) is 18.0 Å². The van der Waals surface area contributed by atoms with Crippen LogP contribution in [0, 0.1) is 0 Å². The fourth-order valence-corrected chi connectivity index (χ4v) is 1.43. The molecule has 0 aliphatic carbocycles. The highest BCUT2D eigenvalue weighted by Gasteiger charge is 2.33. The number of pyridine rings is 1. The second-order valence-electron chi connectivity index (χ2n) is 3.73. The van der Waals surface area contributed by atoms with Crippen molar-refractivity contribution in [1.82, 2.24) is 10.1 Å². The van der Waals surface area contributed by atoms with Crippen molar-refractivity contribution in [2.45, 2.75) is 12.7 Å². The first kappa shape index (κ1) is 13.8. The number of nitrogens with one attached hydrogen (secondary N) is 1. The van der Waals surface area contributed by atoms with Crippen molar-refractivity contribution >= 4 is 11.8 Å². The number of alkyl halides is 3. The van der Waals surface area contributed by atoms with E-state index < -0.39 is 17.8 Å². The van der Waals surface area contributed by atoms with Crippen LogP contribution in [-0.2, 0) is 12.7 Å². The van der Waals surface area contributed by atoms with Crippen LogP contribution in [0.15, 0.2) is 28.9 Å². The SMILES string of the molecule is O=C(O)c1ccc(C(F)(F)F)nc1NCc1ccno1. The molecular weight excluding hydrogens is 279 g/mol. The van der Waals surface area contributed by atoms with Gasteiger partial charge in [0.15, 0.2) is 5.76 Å². The van der Waals surface area contributed by atoms with Crippen LogP contribution < -0.4 is 5.32 Å². The summed E-state index contributed by atoms with van der Waals surface area (Å²) in [6, 6.07) is 2.95. The van der Waals surface area contributed by atoms with Crippen LogP contribution in [0.4, 0.5) is 19.0 Å². The van der Waals surface area contributed by atoms with E-state index in [1.165, 1.54) is 12.3 Å². The second-order valence-corrected chi connectivity index (χ2v) is 3.73. The van der Waals surface area contributed by atoms with Gasteiger partial charge >= 0.3 is 12.1 Å². The van der Waals surface area contributed by atoms with Crippen molar-refractivity contribution in [1.29, 1.82) is 0 Å². The molecule has 6 nitrogen and oxygen atoms in total. The Balaban J connectivity index is 2.29. The van der Waals surface area contributed by atoms with Gasteiger partial charge in [-0.3, -0.25) is 0 Å². The number of carboxylic acids is 1. The van der Waals surface area contributed by atoms with Crippen molar-refractivity contribution in [3.8, 4) is 0 Å². The molecule has 0 aromatic carbocycles. The van der Waals surface area contributed by atoms with Gasteiger partial charge in [-0.15, -0.1) is 0 Å². The monoisotopic (exact) mass is 287 g/mol. The van der Waals surface area contributed by atoms with Crippen LogP contribution >= 0.6 is 0 Å². The summed E-state index contributed by atoms with van der Waals surface area (Å²) in [5.74, 6) is -1.43. The number of aromatic nitrogens is 2. The van der Waals surface area contributed by atoms with Gasteiger partial charge in [0.1, 0.15) is 17.1 Å². The average molecular weight is 287 g/mol. The van der Waals surface area contributed by atoms with Crippen molar-refractivity contribution in [2.75, 3.05) is 5.32 Å². The van der Waals surface area contributed by atoms with E-state index in [1.54, 1.807) is 0 Å². The molecule has 0 bridgehead atoms. The van der Waals surface area contributed by atoms with Crippen LogP contribution in [0.1, 0.15) is 21.8 Å². The molecule has 0 amide bonds. The molecular formula is C11H8F3N3O3. The van der Waals surface area contributed by atoms with Gasteiger partial charge < -0.3 is 14.9 Å². The molecule has 2 aromatic rings. The van der Waals surface area contributed by atoms with Gasteiger partial charge in [0.2, 0.25) is 0 Å². The lowest BCUT2D eigenvalue weighted by atomic mass is 10.2. The summed E-state index contributed by atoms with van der Waals surface area (Å²) in [6.45, 7) is -0.0331. The zero-order valence-electron chi connectivity index (χ0n) is 9.81. The predicted molar refractivity (Wildman–Crippen MR) is 60.0 cm³/mol. The van der Waals surface area contributed by atoms with Gasteiger partial charge in [-0.1, -0.05) is 5.16 Å². The lowest BCUT2D eigenvalue weighted by Gasteiger charge is -2.11. The number of nitrogens with zero attached hydrogens (tertiary/aromatic N) is 2. The summed E-state index contributed by atoms with van der Waals surface area (Å²) in [5.41, 5.74) is -1.54. The minimum Gasteiger partial charge on any atom is -0.478 e. The Labute approximate surface area is 110 Å². The number of aromatic carboxylic acids is 1. The summed E-state index contributed by atoms with van der Waals surface area (Å²) in [5, 5.41) is 14.8. The van der Waals surface area contributed by atoms with E-state index in [1.807, 2.05) is 0 Å². The molecule has 2 rings (SSSR count). The molecule has 2 N–H and O–H groups in total. The van der Waals surface area contributed by atoms with Gasteiger partial charge in [-0.2, -0.15) is 13.2 Å². The molecule has 0 fully saturated rings. The van der Waals surface area contributed by atoms with Crippen LogP contribution in [0.5, 0.6) is 0 Å². The summed E-state index contributed by atoms with van der Waals surface area (Å²) in [7, 11) is 0. The standard InChI is InChI=1S/C11H8F3N3O3/c12-11(13,14)8-2-1-7(10(18)19)9(17-8)15-5-6-3-4-16-20-6/h1-4H,5H2,(H,15,17)(H,18,19). The van der Waals surface area contributed by atoms with Crippen molar-refractivity contribution in [2.24, 2.45) is 0 Å². The molecule has 20 heavy (non-hydrogen) atoms. The Kier molecular flexibility index (Phi) is 3.59. The highest BCUT2D eigenvalue weighted by Crippen LogP contribution is 2.29. The average Bonchev–Trinajstić information content (AvgIpc) is 2.87. The number of carboxylic acid groups (broad SMARTS) is 1. The van der Waals surface area contributed by atoms with Crippen molar-refractivity contribution < 1.29 is 27.6 Å². The predicted octanol–water partition coefficient (Wildman–Crippen LogP) is 2.40. The van der Waals surface area contributed by atoms with Crippen molar-refractivity contribution in [3.05, 3.63) is 41.4 Å². The largest absolute Gasteiger partial charge is 0.478 e. The topological polar surface area (TPSA) is 88.2 Å². The zero-order chi connectivity index (χ0) is 14.8. The van der Waals surface area contributed by atoms with Gasteiger partial charge in [-0.05, 0) is 12.1 Å². The van der Waals surface area contributed by atoms with Gasteiger partial charge in [-0.25, -0.2) is 9.78 Å². The molecule has 0 aliphatic rings. The van der Waals surface area contributed by atoms with Crippen LogP contribution in [-0.4, -0.2) is 21.2 Å². The van der Waals surface area contributed by atoms with E-state index >= 15 is 0 Å². The zero-order valence-corrected chi connectivity index (χ0v) is 9.81. The number of halogens is 3. The maximum atomic E-state index is 12.5. The highest BCUT2D eigenvalue weighted by atomic mass is 19.4. The third kappa shape index (κ3) is 3.05. The maximum Gasteiger partial charge on any atom is 0.433 e. The van der Waals surface area contributed by atoms with E-state index in [2.05, 4.69) is 15.5 Å². The first-order valence-electron chi connectivity index (χ1n) is 5.33. The number of carbonyl (C=O) groups is 1. The fourth-order valence-electron chi connectivity index (χ4n) is 1.43. The first-order chi connectivity index (χ1) is 9.38. The molecule has 0 atom stereocenters. The van der Waals surface area contributed by atoms with Gasteiger partial charge in [0.05, 0.1) is 12.7 Å². The molecule has 0 saturated carbocycles. The molecule has 106 valence electrons. The molecule has 9 heteroatoms. The third-order valence-electron chi connectivity index (χ3n) is 2.34. The quantitative estimate of drug-likeness (QED) is 0.897. The summed E-state index contributed by atoms with van der Waals surface area (Å²) in [4.78, 5) is 14.2. The second kappa shape index (κ2) is 5.19. The molecule has 0 spiro atoms. The Morgan fingerprint density at radius 2 is 2.10 bits per heavy atom. The number of rotatable bonds is 4. The molecule has 0 unspecified atom stereocenters. The minimum atomic E-state index is -4.65. The highest BCUT2D eigenvalue weighted by molar-refractivity contribution is 5.93. The normalized spacial score (nSPS) is 11.3. The lowest BCUT2D eigenvalue weighted by Crippen LogP contribution is -2.14. The first-order valence-corrected chi connectivity index (χ1v) is 5.33. The van der Waals surface area contributed by atoms with Crippen LogP contribution in [0.3, 0.4) is 0 Å². The van der Waals surface area contributed by atoms with Crippen LogP contribution in [0.25, 0.3) is 0 Å². The number of hydrogen-bond acceptors (Lipinski definition) is 5. The molecule has 2 aromatic heterocycles. The van der Waals surface area contributed by atoms with Crippen LogP contribution in [0.2, 0.25) is 0 Å². The Bertz CT molecular complexity index is 611. The molecule has 0 radical (unpaired) electrons.